The largest absolute Gasteiger partial charge is 0.345 e. The lowest BCUT2D eigenvalue weighted by molar-refractivity contribution is 0.600. The summed E-state index contributed by atoms with van der Waals surface area (Å²) in [6, 6.07) is 8.36. The van der Waals surface area contributed by atoms with Gasteiger partial charge >= 0.3 is 5.69 Å². The molecule has 1 aliphatic rings. The molecular weight excluding hydrogens is 214 g/mol. The maximum atomic E-state index is 12.0. The highest BCUT2D eigenvalue weighted by atomic mass is 16.2. The van der Waals surface area contributed by atoms with Gasteiger partial charge in [0.05, 0.1) is 0 Å². The van der Waals surface area contributed by atoms with Crippen LogP contribution in [0.1, 0.15) is 23.9 Å². The Bertz CT molecular complexity index is 609. The summed E-state index contributed by atoms with van der Waals surface area (Å²) < 4.78 is 3.35. The fourth-order valence-corrected chi connectivity index (χ4v) is 2.42. The molecule has 2 heterocycles. The van der Waals surface area contributed by atoms with Crippen LogP contribution in [-0.4, -0.2) is 14.3 Å². The van der Waals surface area contributed by atoms with Crippen molar-refractivity contribution >= 4 is 0 Å². The highest BCUT2D eigenvalue weighted by Gasteiger charge is 2.17. The molecule has 0 bridgehead atoms. The van der Waals surface area contributed by atoms with Crippen LogP contribution >= 0.6 is 0 Å². The van der Waals surface area contributed by atoms with Crippen LogP contribution in [0.25, 0.3) is 0 Å². The SMILES string of the molecule is CCn1nc2n(c1=O)CCc1ccccc1C2. The molecule has 0 unspecified atom stereocenters. The maximum Gasteiger partial charge on any atom is 0.345 e. The van der Waals surface area contributed by atoms with Gasteiger partial charge in [-0.3, -0.25) is 4.57 Å². The minimum atomic E-state index is 0.0234. The van der Waals surface area contributed by atoms with E-state index in [1.54, 1.807) is 4.68 Å². The molecule has 0 spiro atoms. The van der Waals surface area contributed by atoms with Crippen LogP contribution in [0.2, 0.25) is 0 Å². The molecule has 3 rings (SSSR count). The van der Waals surface area contributed by atoms with Crippen molar-refractivity contribution in [1.29, 1.82) is 0 Å². The van der Waals surface area contributed by atoms with Gasteiger partial charge in [0.2, 0.25) is 0 Å². The number of benzene rings is 1. The number of aromatic nitrogens is 3. The van der Waals surface area contributed by atoms with Crippen molar-refractivity contribution in [2.45, 2.75) is 32.9 Å². The van der Waals surface area contributed by atoms with Gasteiger partial charge in [-0.2, -0.15) is 5.10 Å². The van der Waals surface area contributed by atoms with E-state index in [1.807, 2.05) is 17.6 Å². The van der Waals surface area contributed by atoms with Crippen LogP contribution in [0, 0.1) is 0 Å². The molecule has 0 N–H and O–H groups in total. The van der Waals surface area contributed by atoms with Gasteiger partial charge in [-0.15, -0.1) is 0 Å². The molecule has 4 nitrogen and oxygen atoms in total. The number of fused-ring (bicyclic) bond motifs is 2. The van der Waals surface area contributed by atoms with Gasteiger partial charge in [-0.05, 0) is 24.5 Å². The van der Waals surface area contributed by atoms with Crippen molar-refractivity contribution in [3.05, 3.63) is 51.7 Å². The molecule has 0 amide bonds. The first-order valence-electron chi connectivity index (χ1n) is 6.03. The second-order valence-corrected chi connectivity index (χ2v) is 4.36. The van der Waals surface area contributed by atoms with E-state index in [0.717, 1.165) is 25.2 Å². The van der Waals surface area contributed by atoms with Gasteiger partial charge in [-0.1, -0.05) is 24.3 Å². The van der Waals surface area contributed by atoms with Crippen molar-refractivity contribution in [2.24, 2.45) is 0 Å². The van der Waals surface area contributed by atoms with Crippen molar-refractivity contribution in [3.63, 3.8) is 0 Å². The molecule has 17 heavy (non-hydrogen) atoms. The van der Waals surface area contributed by atoms with Gasteiger partial charge in [0.15, 0.2) is 0 Å². The third kappa shape index (κ3) is 1.60. The number of hydrogen-bond acceptors (Lipinski definition) is 2. The van der Waals surface area contributed by atoms with Gasteiger partial charge in [0.25, 0.3) is 0 Å². The number of nitrogens with zero attached hydrogens (tertiary/aromatic N) is 3. The minimum Gasteiger partial charge on any atom is -0.278 e. The van der Waals surface area contributed by atoms with Crippen molar-refractivity contribution in [1.82, 2.24) is 14.3 Å². The maximum absolute atomic E-state index is 12.0. The number of rotatable bonds is 1. The summed E-state index contributed by atoms with van der Waals surface area (Å²) in [5, 5.41) is 4.39. The van der Waals surface area contributed by atoms with Crippen LogP contribution in [0.4, 0.5) is 0 Å². The monoisotopic (exact) mass is 229 g/mol. The van der Waals surface area contributed by atoms with Crippen molar-refractivity contribution < 1.29 is 0 Å². The van der Waals surface area contributed by atoms with Crippen LogP contribution in [0.3, 0.4) is 0 Å². The van der Waals surface area contributed by atoms with Gasteiger partial charge in [0.1, 0.15) is 5.82 Å². The Hall–Kier alpha value is -1.84. The summed E-state index contributed by atoms with van der Waals surface area (Å²) >= 11 is 0. The molecule has 0 atom stereocenters. The fourth-order valence-electron chi connectivity index (χ4n) is 2.42. The molecule has 1 aromatic heterocycles. The smallest absolute Gasteiger partial charge is 0.278 e. The van der Waals surface area contributed by atoms with Crippen LogP contribution in [0.15, 0.2) is 29.1 Å². The van der Waals surface area contributed by atoms with Crippen LogP contribution in [0.5, 0.6) is 0 Å². The van der Waals surface area contributed by atoms with Crippen molar-refractivity contribution in [3.8, 4) is 0 Å². The van der Waals surface area contributed by atoms with E-state index in [2.05, 4.69) is 23.3 Å². The predicted octanol–water partition coefficient (Wildman–Crippen LogP) is 1.21. The second-order valence-electron chi connectivity index (χ2n) is 4.36. The highest BCUT2D eigenvalue weighted by molar-refractivity contribution is 5.31. The number of aryl methyl sites for hydroxylation is 2. The van der Waals surface area contributed by atoms with E-state index in [9.17, 15) is 4.79 Å². The fraction of sp³-hybridized carbons (Fsp3) is 0.385. The first-order valence-corrected chi connectivity index (χ1v) is 6.03. The quantitative estimate of drug-likeness (QED) is 0.737. The first kappa shape index (κ1) is 10.3. The Balaban J connectivity index is 2.11. The van der Waals surface area contributed by atoms with E-state index in [4.69, 9.17) is 0 Å². The zero-order valence-corrected chi connectivity index (χ0v) is 9.89. The molecule has 88 valence electrons. The molecule has 2 aromatic rings. The zero-order chi connectivity index (χ0) is 11.8. The topological polar surface area (TPSA) is 39.8 Å². The third-order valence-electron chi connectivity index (χ3n) is 3.37. The average molecular weight is 229 g/mol. The van der Waals surface area contributed by atoms with E-state index < -0.39 is 0 Å². The normalized spacial score (nSPS) is 13.9. The average Bonchev–Trinajstić information content (AvgIpc) is 2.55. The lowest BCUT2D eigenvalue weighted by atomic mass is 10.0. The predicted molar refractivity (Wildman–Crippen MR) is 65.1 cm³/mol. The Morgan fingerprint density at radius 3 is 2.82 bits per heavy atom. The van der Waals surface area contributed by atoms with Gasteiger partial charge < -0.3 is 0 Å². The number of hydrogen-bond donors (Lipinski definition) is 0. The molecule has 1 aromatic carbocycles. The van der Waals surface area contributed by atoms with E-state index in [1.165, 1.54) is 11.1 Å². The summed E-state index contributed by atoms with van der Waals surface area (Å²) in [6.45, 7) is 3.33. The Labute approximate surface area is 99.5 Å². The molecule has 1 aliphatic heterocycles. The molecular formula is C13H15N3O. The van der Waals surface area contributed by atoms with E-state index in [-0.39, 0.29) is 5.69 Å². The Morgan fingerprint density at radius 1 is 1.29 bits per heavy atom. The Kier molecular flexibility index (Phi) is 2.35. The Morgan fingerprint density at radius 2 is 2.06 bits per heavy atom. The molecule has 0 radical (unpaired) electrons. The summed E-state index contributed by atoms with van der Waals surface area (Å²) in [4.78, 5) is 12.0. The molecule has 0 saturated carbocycles. The molecule has 0 saturated heterocycles. The zero-order valence-electron chi connectivity index (χ0n) is 9.89. The summed E-state index contributed by atoms with van der Waals surface area (Å²) in [5.74, 6) is 0.891. The standard InChI is InChI=1S/C13H15N3O/c1-2-16-13(17)15-8-7-10-5-3-4-6-11(10)9-12(15)14-16/h3-6H,2,7-9H2,1H3. The summed E-state index contributed by atoms with van der Waals surface area (Å²) in [7, 11) is 0. The van der Waals surface area contributed by atoms with E-state index >= 15 is 0 Å². The minimum absolute atomic E-state index is 0.0234. The molecule has 4 heteroatoms. The van der Waals surface area contributed by atoms with Gasteiger partial charge in [0, 0.05) is 19.5 Å². The molecule has 0 aliphatic carbocycles. The summed E-state index contributed by atoms with van der Waals surface area (Å²) in [6.07, 6.45) is 1.68. The third-order valence-corrected chi connectivity index (χ3v) is 3.37. The van der Waals surface area contributed by atoms with E-state index in [0.29, 0.717) is 6.54 Å². The van der Waals surface area contributed by atoms with Crippen molar-refractivity contribution in [2.75, 3.05) is 0 Å². The second kappa shape index (κ2) is 3.87. The highest BCUT2D eigenvalue weighted by Crippen LogP contribution is 2.17. The van der Waals surface area contributed by atoms with Gasteiger partial charge in [-0.25, -0.2) is 9.48 Å². The lowest BCUT2D eigenvalue weighted by Crippen LogP contribution is -2.25. The molecule has 0 fully saturated rings. The first-order chi connectivity index (χ1) is 8.29. The lowest BCUT2D eigenvalue weighted by Gasteiger charge is -2.02. The van der Waals surface area contributed by atoms with Crippen LogP contribution in [-0.2, 0) is 25.9 Å². The van der Waals surface area contributed by atoms with Crippen LogP contribution < -0.4 is 5.69 Å². The summed E-state index contributed by atoms with van der Waals surface area (Å²) in [5.41, 5.74) is 2.65.